The second-order valence-electron chi connectivity index (χ2n) is 2.95. The van der Waals surface area contributed by atoms with Crippen LogP contribution in [0.25, 0.3) is 0 Å². The Morgan fingerprint density at radius 3 is 2.11 bits per heavy atom. The Bertz CT molecular complexity index is 187. The normalized spacial score (nSPS) is 27.4. The first-order valence-corrected chi connectivity index (χ1v) is 7.38. The summed E-state index contributed by atoms with van der Waals surface area (Å²) in [5, 5.41) is 0. The van der Waals surface area contributed by atoms with Gasteiger partial charge in [-0.2, -0.15) is 0 Å². The Balaban J connectivity index is 2.97. The van der Waals surface area contributed by atoms with Crippen LogP contribution in [0.5, 0.6) is 0 Å². The van der Waals surface area contributed by atoms with Gasteiger partial charge < -0.3 is 0 Å². The topological polar surface area (TPSA) is 0 Å². The first-order valence-electron chi connectivity index (χ1n) is 3.49. The van der Waals surface area contributed by atoms with Crippen molar-refractivity contribution in [3.05, 3.63) is 20.4 Å². The molecule has 0 nitrogen and oxygen atoms in total. The van der Waals surface area contributed by atoms with E-state index in [9.17, 15) is 0 Å². The van der Waals surface area contributed by atoms with Crippen LogP contribution in [0, 0.1) is 5.92 Å². The maximum absolute atomic E-state index is 2.42. The van der Waals surface area contributed by atoms with Gasteiger partial charge in [0.1, 0.15) is 0 Å². The van der Waals surface area contributed by atoms with Gasteiger partial charge in [0, 0.05) is 0 Å². The van der Waals surface area contributed by atoms with Crippen LogP contribution >= 0.6 is 0 Å². The van der Waals surface area contributed by atoms with Crippen molar-refractivity contribution < 1.29 is 0 Å². The van der Waals surface area contributed by atoms with E-state index in [0.717, 1.165) is 5.92 Å². The van der Waals surface area contributed by atoms with E-state index in [2.05, 4.69) is 26.8 Å². The van der Waals surface area contributed by atoms with Gasteiger partial charge in [0.05, 0.1) is 0 Å². The second-order valence-corrected chi connectivity index (χ2v) is 7.13. The molecule has 0 saturated carbocycles. The van der Waals surface area contributed by atoms with Crippen molar-refractivity contribution in [1.82, 2.24) is 0 Å². The fourth-order valence-corrected chi connectivity index (χ4v) is 4.75. The molecule has 0 bridgehead atoms. The van der Waals surface area contributed by atoms with Crippen LogP contribution in [0.4, 0.5) is 0 Å². The minimum atomic E-state index is 0.636. The van der Waals surface area contributed by atoms with Crippen molar-refractivity contribution >= 4 is 25.8 Å². The predicted octanol–water partition coefficient (Wildman–Crippen LogP) is 1.22. The number of hydrogen-bond acceptors (Lipinski definition) is 0. The van der Waals surface area contributed by atoms with Crippen molar-refractivity contribution in [1.29, 1.82) is 0 Å². The molecule has 0 fully saturated rings. The van der Waals surface area contributed by atoms with Gasteiger partial charge in [0.25, 0.3) is 0 Å². The fourth-order valence-electron chi connectivity index (χ4n) is 1.28. The Morgan fingerprint density at radius 1 is 1.44 bits per heavy atom. The van der Waals surface area contributed by atoms with Crippen LogP contribution < -0.4 is 0 Å². The van der Waals surface area contributed by atoms with Crippen LogP contribution in [-0.2, 0) is 0 Å². The molecule has 9 heavy (non-hydrogen) atoms. The molecule has 0 radical (unpaired) electrons. The average Bonchev–Trinajstić information content (AvgIpc) is 1.98. The number of allylic oxidation sites excluding steroid dienone is 4. The van der Waals surface area contributed by atoms with Crippen molar-refractivity contribution in [3.8, 4) is 0 Å². The van der Waals surface area contributed by atoms with E-state index < -0.39 is 0 Å². The first-order chi connectivity index (χ1) is 4.13. The Labute approximate surface area is 72.7 Å². The first kappa shape index (κ1) is 7.51. The van der Waals surface area contributed by atoms with Crippen molar-refractivity contribution in [2.45, 2.75) is 20.8 Å². The van der Waals surface area contributed by atoms with Crippen molar-refractivity contribution in [3.63, 3.8) is 0 Å². The molecular weight excluding hydrogens is 303 g/mol. The van der Waals surface area contributed by atoms with E-state index in [4.69, 9.17) is 0 Å². The summed E-state index contributed by atoms with van der Waals surface area (Å²) in [4.78, 5) is 0. The van der Waals surface area contributed by atoms with Gasteiger partial charge in [-0.15, -0.1) is 0 Å². The van der Waals surface area contributed by atoms with Gasteiger partial charge in [-0.05, 0) is 0 Å². The van der Waals surface area contributed by atoms with E-state index in [-0.39, 0.29) is 0 Å². The SMILES string of the molecule is CC1=C(C)C(C)C=[C]1[PbH3]. The van der Waals surface area contributed by atoms with Crippen LogP contribution in [0.3, 0.4) is 0 Å². The summed E-state index contributed by atoms with van der Waals surface area (Å²) in [6, 6.07) is 0. The standard InChI is InChI=1S/C8H11.Pb.3H/c1-6-4-5-7(2)8(6)3;;;;/h4,6H,1-3H3;;;;. The number of hydrogen-bond donors (Lipinski definition) is 0. The van der Waals surface area contributed by atoms with Crippen LogP contribution in [0.15, 0.2) is 20.4 Å². The van der Waals surface area contributed by atoms with Gasteiger partial charge in [-0.1, -0.05) is 0 Å². The molecule has 0 amide bonds. The predicted molar refractivity (Wildman–Crippen MR) is 45.6 cm³/mol. The molecule has 0 N–H and O–H groups in total. The molecule has 1 atom stereocenters. The van der Waals surface area contributed by atoms with E-state index in [1.807, 2.05) is 0 Å². The third-order valence-corrected chi connectivity index (χ3v) is 6.58. The van der Waals surface area contributed by atoms with Crippen molar-refractivity contribution in [2.24, 2.45) is 5.92 Å². The van der Waals surface area contributed by atoms with Crippen LogP contribution in [0.2, 0.25) is 0 Å². The summed E-state index contributed by atoms with van der Waals surface area (Å²) in [5.41, 5.74) is 3.18. The summed E-state index contributed by atoms with van der Waals surface area (Å²) in [7, 11) is 0. The fraction of sp³-hybridized carbons (Fsp3) is 0.500. The van der Waals surface area contributed by atoms with Gasteiger partial charge >= 0.3 is 72.8 Å². The van der Waals surface area contributed by atoms with Gasteiger partial charge in [0.2, 0.25) is 0 Å². The molecule has 0 heterocycles. The molecule has 1 aliphatic rings. The summed E-state index contributed by atoms with van der Waals surface area (Å²) >= 11 is 0.636. The number of rotatable bonds is 0. The molecule has 0 aliphatic heterocycles. The third kappa shape index (κ3) is 1.28. The maximum atomic E-state index is 2.42. The summed E-state index contributed by atoms with van der Waals surface area (Å²) in [6.07, 6.45) is 2.42. The zero-order valence-corrected chi connectivity index (χ0v) is 14.4. The third-order valence-electron chi connectivity index (χ3n) is 2.37. The molecule has 0 spiro atoms. The monoisotopic (exact) mass is 318 g/mol. The molecular formula is C8H14Pb. The Morgan fingerprint density at radius 2 is 2.00 bits per heavy atom. The second kappa shape index (κ2) is 2.56. The van der Waals surface area contributed by atoms with E-state index in [0.29, 0.717) is 25.8 Å². The van der Waals surface area contributed by atoms with Crippen LogP contribution in [0.1, 0.15) is 20.8 Å². The Hall–Kier alpha value is 0.402. The van der Waals surface area contributed by atoms with Gasteiger partial charge in [-0.25, -0.2) is 0 Å². The molecule has 0 aromatic heterocycles. The van der Waals surface area contributed by atoms with E-state index >= 15 is 0 Å². The zero-order chi connectivity index (χ0) is 7.02. The minimum absolute atomic E-state index is 0.636. The average molecular weight is 317 g/mol. The molecule has 0 aromatic carbocycles. The molecule has 1 aliphatic carbocycles. The summed E-state index contributed by atoms with van der Waals surface area (Å²) < 4.78 is 1.68. The van der Waals surface area contributed by atoms with Crippen LogP contribution in [-0.4, -0.2) is 25.8 Å². The molecule has 1 unspecified atom stereocenters. The van der Waals surface area contributed by atoms with Crippen molar-refractivity contribution in [2.75, 3.05) is 0 Å². The Kier molecular flexibility index (Phi) is 2.14. The molecule has 1 rings (SSSR count). The summed E-state index contributed by atoms with van der Waals surface area (Å²) in [6.45, 7) is 6.79. The molecule has 0 aromatic rings. The van der Waals surface area contributed by atoms with E-state index in [1.165, 1.54) is 0 Å². The quantitative estimate of drug-likeness (QED) is 0.590. The molecule has 50 valence electrons. The van der Waals surface area contributed by atoms with Gasteiger partial charge in [-0.3, -0.25) is 0 Å². The summed E-state index contributed by atoms with van der Waals surface area (Å²) in [5.74, 6) is 0.741. The van der Waals surface area contributed by atoms with E-state index in [1.54, 1.807) is 14.3 Å². The molecule has 0 saturated heterocycles. The van der Waals surface area contributed by atoms with Gasteiger partial charge in [0.15, 0.2) is 0 Å². The zero-order valence-electron chi connectivity index (χ0n) is 6.65. The molecule has 1 heteroatoms.